The molecule has 0 bridgehead atoms. The van der Waals surface area contributed by atoms with E-state index in [9.17, 15) is 0 Å². The second-order valence-electron chi connectivity index (χ2n) is 22.8. The van der Waals surface area contributed by atoms with Crippen LogP contribution in [0.4, 0.5) is 0 Å². The second kappa shape index (κ2) is 19.7. The lowest BCUT2D eigenvalue weighted by atomic mass is 10.6. The summed E-state index contributed by atoms with van der Waals surface area (Å²) in [6, 6.07) is 0. The van der Waals surface area contributed by atoms with E-state index in [1.165, 1.54) is 0 Å². The minimum atomic E-state index is -2.38. The molecule has 0 spiro atoms. The lowest BCUT2D eigenvalue weighted by Gasteiger charge is -2.49. The Labute approximate surface area is 334 Å². The van der Waals surface area contributed by atoms with E-state index in [2.05, 4.69) is 205 Å². The van der Waals surface area contributed by atoms with E-state index < -0.39 is 89.8 Å². The van der Waals surface area contributed by atoms with Crippen LogP contribution in [-0.4, -0.2) is 89.8 Å². The molecule has 6 nitrogen and oxygen atoms in total. The van der Waals surface area contributed by atoms with Gasteiger partial charge in [0.1, 0.15) is 0 Å². The van der Waals surface area contributed by atoms with Crippen molar-refractivity contribution in [3.63, 3.8) is 0 Å². The average Bonchev–Trinajstić information content (AvgIpc) is 2.71. The van der Waals surface area contributed by atoms with Crippen molar-refractivity contribution in [2.75, 3.05) is 0 Å². The van der Waals surface area contributed by atoms with Crippen LogP contribution < -0.4 is 0 Å². The van der Waals surface area contributed by atoms with E-state index >= 15 is 0 Å². The minimum Gasteiger partial charge on any atom is -0.437 e. The second-order valence-corrected chi connectivity index (χ2v) is 86.1. The van der Waals surface area contributed by atoms with Gasteiger partial charge in [-0.15, -0.1) is 0 Å². The van der Waals surface area contributed by atoms with Crippen LogP contribution in [0.25, 0.3) is 0 Å². The molecule has 0 aliphatic heterocycles. The first kappa shape index (κ1) is 57.5. The molecule has 0 fully saturated rings. The van der Waals surface area contributed by atoms with Crippen LogP contribution in [0.2, 0.25) is 180 Å². The molecule has 0 atom stereocenters. The van der Waals surface area contributed by atoms with Crippen molar-refractivity contribution < 1.29 is 24.7 Å². The van der Waals surface area contributed by atoms with Crippen molar-refractivity contribution in [2.45, 2.75) is 222 Å². The maximum Gasteiger partial charge on any atom is 0.320 e. The third-order valence-electron chi connectivity index (χ3n) is 10.4. The number of hydrogen-bond donors (Lipinski definition) is 0. The van der Waals surface area contributed by atoms with E-state index in [0.717, 1.165) is 5.54 Å². The molecule has 51 heavy (non-hydrogen) atoms. The topological polar surface area (TPSA) is 55.4 Å². The molecule has 0 N–H and O–H groups in total. The largest absolute Gasteiger partial charge is 0.437 e. The fourth-order valence-corrected chi connectivity index (χ4v) is 75.0. The van der Waals surface area contributed by atoms with Crippen LogP contribution in [0.3, 0.4) is 0 Å². The average molecular weight is 910 g/mol. The molecule has 0 aromatic heterocycles. The van der Waals surface area contributed by atoms with Crippen molar-refractivity contribution in [2.24, 2.45) is 0 Å². The van der Waals surface area contributed by atoms with Crippen molar-refractivity contribution in [3.8, 4) is 0 Å². The smallest absolute Gasteiger partial charge is 0.320 e. The summed E-state index contributed by atoms with van der Waals surface area (Å²) in [7, 11) is -17.8. The molecule has 0 saturated heterocycles. The Kier molecular flexibility index (Phi) is 22.2. The van der Waals surface area contributed by atoms with Crippen molar-refractivity contribution >= 4 is 89.8 Å². The Hall–Kier alpha value is 2.15. The molecule has 0 amide bonds. The van der Waals surface area contributed by atoms with Crippen LogP contribution in [-0.2, 0) is 24.7 Å². The van der Waals surface area contributed by atoms with Crippen LogP contribution in [0.5, 0.6) is 0 Å². The summed E-state index contributed by atoms with van der Waals surface area (Å²) < 4.78 is 38.6. The van der Waals surface area contributed by atoms with E-state index in [1.54, 1.807) is 0 Å². The van der Waals surface area contributed by atoms with Gasteiger partial charge in [0.25, 0.3) is 0 Å². The zero-order chi connectivity index (χ0) is 42.5. The van der Waals surface area contributed by atoms with Gasteiger partial charge in [-0.05, 0) is 129 Å². The lowest BCUT2D eigenvalue weighted by Crippen LogP contribution is -2.69. The Morgan fingerprint density at radius 2 is 0.549 bits per heavy atom. The normalized spacial score (nSPS) is 15.2. The summed E-state index contributed by atoms with van der Waals surface area (Å²) in [5.41, 5.74) is 1.96. The summed E-state index contributed by atoms with van der Waals surface area (Å²) >= 11 is 0. The van der Waals surface area contributed by atoms with Gasteiger partial charge in [0.2, 0.25) is 0 Å². The summed E-state index contributed by atoms with van der Waals surface area (Å²) in [5.74, 6) is 0. The molecule has 17 heteroatoms. The molecule has 0 aromatic carbocycles. The first-order valence-corrected chi connectivity index (χ1v) is 55.4. The van der Waals surface area contributed by atoms with Crippen LogP contribution in [0.1, 0.15) is 41.5 Å². The molecule has 0 rings (SSSR count). The summed E-state index contributed by atoms with van der Waals surface area (Å²) in [6.07, 6.45) is 0. The SMILES string of the molecule is CC(C)[Si](C)(C)O[Si](C)(C)O[Si](C)(C)C.CC(C)[Si](C)(C)[Si](C)(C)[Si](C)(C)C.CC(C)[Si](C)(O[Si](C)(C)O[Si](C)(C)C)O[Si](C)(C)O[Si](C)(C)C. The first-order chi connectivity index (χ1) is 21.6. The third-order valence-corrected chi connectivity index (χ3v) is 84.9. The van der Waals surface area contributed by atoms with Gasteiger partial charge >= 0.3 is 34.2 Å². The van der Waals surface area contributed by atoms with Gasteiger partial charge in [0.15, 0.2) is 33.3 Å². The predicted molar refractivity (Wildman–Crippen MR) is 262 cm³/mol. The maximum atomic E-state index is 6.65. The van der Waals surface area contributed by atoms with Gasteiger partial charge in [-0.25, -0.2) is 0 Å². The maximum absolute atomic E-state index is 6.65. The fourth-order valence-electron chi connectivity index (χ4n) is 5.95. The number of hydrogen-bond acceptors (Lipinski definition) is 6. The van der Waals surface area contributed by atoms with Crippen molar-refractivity contribution in [3.05, 3.63) is 0 Å². The van der Waals surface area contributed by atoms with Gasteiger partial charge in [0, 0.05) is 22.3 Å². The van der Waals surface area contributed by atoms with E-state index in [1.807, 2.05) is 0 Å². The van der Waals surface area contributed by atoms with E-state index in [-0.39, 0.29) is 0 Å². The molecule has 0 aliphatic carbocycles. The van der Waals surface area contributed by atoms with Crippen molar-refractivity contribution in [1.82, 2.24) is 0 Å². The molecule has 0 aliphatic rings. The standard InChI is InChI=1S/C14H40O4Si5.C10H28O2Si3.C10H28Si3/c1-14(2)23(13,17-21(9,10)15-19(3,4)5)18-22(11,12)16-20(6,7)8;1-10(2)14(6,7)12-15(8,9)11-13(3,4)5;1-10(2)12(6,7)13(8,9)11(3,4)5/h14H,1-13H3;10H,1-9H3;10H,1-9H3. The molecule has 312 valence electrons. The Morgan fingerprint density at radius 1 is 0.294 bits per heavy atom. The molecule has 0 heterocycles. The fraction of sp³-hybridized carbons (Fsp3) is 1.00. The highest BCUT2D eigenvalue weighted by molar-refractivity contribution is 7.68. The molecular weight excluding hydrogens is 813 g/mol. The van der Waals surface area contributed by atoms with Gasteiger partial charge in [-0.2, -0.15) is 0 Å². The molecular formula is C34H96O6Si11. The van der Waals surface area contributed by atoms with Gasteiger partial charge in [-0.3, -0.25) is 0 Å². The van der Waals surface area contributed by atoms with E-state index in [0.29, 0.717) is 11.1 Å². The van der Waals surface area contributed by atoms with Gasteiger partial charge < -0.3 is 24.7 Å². The van der Waals surface area contributed by atoms with Crippen LogP contribution in [0, 0.1) is 0 Å². The predicted octanol–water partition coefficient (Wildman–Crippen LogP) is 14.1. The molecule has 0 radical (unpaired) electrons. The first-order valence-electron chi connectivity index (χ1n) is 19.8. The van der Waals surface area contributed by atoms with Crippen LogP contribution >= 0.6 is 0 Å². The Balaban J connectivity index is -0.000000715. The van der Waals surface area contributed by atoms with Crippen molar-refractivity contribution in [1.29, 1.82) is 0 Å². The Morgan fingerprint density at radius 3 is 0.706 bits per heavy atom. The zero-order valence-electron chi connectivity index (χ0n) is 40.7. The van der Waals surface area contributed by atoms with Gasteiger partial charge in [0.05, 0.1) is 0 Å². The number of rotatable bonds is 17. The molecule has 0 saturated carbocycles. The summed E-state index contributed by atoms with van der Waals surface area (Å²) in [4.78, 5) is 0. The third kappa shape index (κ3) is 23.9. The van der Waals surface area contributed by atoms with Gasteiger partial charge in [-0.1, -0.05) is 92.9 Å². The highest BCUT2D eigenvalue weighted by atomic mass is 29.6. The minimum absolute atomic E-state index is 0.358. The molecule has 0 aromatic rings. The molecule has 0 unspecified atom stereocenters. The lowest BCUT2D eigenvalue weighted by molar-refractivity contribution is 0.285. The Bertz CT molecular complexity index is 990. The highest BCUT2D eigenvalue weighted by Crippen LogP contribution is 2.36. The summed E-state index contributed by atoms with van der Waals surface area (Å²) in [5, 5.41) is 0. The quantitative estimate of drug-likeness (QED) is 0.136. The summed E-state index contributed by atoms with van der Waals surface area (Å²) in [6.45, 7) is 71.8. The van der Waals surface area contributed by atoms with Crippen LogP contribution in [0.15, 0.2) is 0 Å². The van der Waals surface area contributed by atoms with E-state index in [4.69, 9.17) is 24.7 Å². The zero-order valence-corrected chi connectivity index (χ0v) is 51.7. The highest BCUT2D eigenvalue weighted by Gasteiger charge is 2.51. The monoisotopic (exact) mass is 908 g/mol.